The van der Waals surface area contributed by atoms with Crippen molar-refractivity contribution in [2.75, 3.05) is 6.26 Å². The topological polar surface area (TPSA) is 52.6 Å². The molecule has 0 bridgehead atoms. The van der Waals surface area contributed by atoms with Gasteiger partial charge in [0.1, 0.15) is 11.4 Å². The molecule has 8 heteroatoms. The van der Waals surface area contributed by atoms with Gasteiger partial charge in [-0.25, -0.2) is 4.79 Å². The molecule has 2 aromatic carbocycles. The fourth-order valence-corrected chi connectivity index (χ4v) is 3.11. The maximum absolute atomic E-state index is 13.7. The van der Waals surface area contributed by atoms with Crippen molar-refractivity contribution < 1.29 is 32.2 Å². The van der Waals surface area contributed by atoms with E-state index in [1.165, 1.54) is 43.8 Å². The van der Waals surface area contributed by atoms with Crippen LogP contribution >= 0.6 is 11.8 Å². The lowest BCUT2D eigenvalue weighted by molar-refractivity contribution is -0.172. The zero-order valence-electron chi connectivity index (χ0n) is 19.4. The van der Waals surface area contributed by atoms with Crippen molar-refractivity contribution in [3.8, 4) is 5.75 Å². The molecular formula is C25H27F3O4S. The second-order valence-corrected chi connectivity index (χ2v) is 9.67. The molecule has 0 atom stereocenters. The van der Waals surface area contributed by atoms with Crippen molar-refractivity contribution in [2.45, 2.75) is 56.9 Å². The summed E-state index contributed by atoms with van der Waals surface area (Å²) < 4.78 is 51.9. The predicted octanol–water partition coefficient (Wildman–Crippen LogP) is 6.82. The number of esters is 1. The molecule has 2 aromatic rings. The zero-order valence-corrected chi connectivity index (χ0v) is 20.2. The Balaban J connectivity index is 2.29. The molecule has 0 heterocycles. The summed E-state index contributed by atoms with van der Waals surface area (Å²) in [5.41, 5.74) is -2.93. The third kappa shape index (κ3) is 7.67. The number of ketones is 1. The number of hydrogen-bond acceptors (Lipinski definition) is 5. The van der Waals surface area contributed by atoms with Crippen LogP contribution in [0.15, 0.2) is 53.4 Å². The van der Waals surface area contributed by atoms with Gasteiger partial charge in [-0.2, -0.15) is 13.2 Å². The molecule has 178 valence electrons. The van der Waals surface area contributed by atoms with Crippen LogP contribution in [0.5, 0.6) is 5.75 Å². The fraction of sp³-hybridized carbons (Fsp3) is 0.360. The standard InChI is InChI=1S/C25H27F3O4S/c1-23(2,3)32-22(30)24(4,5)31-21-14-8-16(15-19(21)25(26,27)28)7-13-20(29)17-9-11-18(33-6)12-10-17/h7-15H,1-6H3. The lowest BCUT2D eigenvalue weighted by atomic mass is 10.1. The Kier molecular flexibility index (Phi) is 8.06. The summed E-state index contributed by atoms with van der Waals surface area (Å²) in [6.07, 6.45) is -0.296. The third-order valence-electron chi connectivity index (χ3n) is 4.37. The number of thioether (sulfide) groups is 1. The van der Waals surface area contributed by atoms with E-state index < -0.39 is 34.7 Å². The van der Waals surface area contributed by atoms with Crippen LogP contribution < -0.4 is 4.74 Å². The normalized spacial score (nSPS) is 12.6. The summed E-state index contributed by atoms with van der Waals surface area (Å²) in [5, 5.41) is 0. The van der Waals surface area contributed by atoms with E-state index in [0.29, 0.717) is 5.56 Å². The molecule has 2 rings (SSSR count). The largest absolute Gasteiger partial charge is 0.476 e. The monoisotopic (exact) mass is 480 g/mol. The predicted molar refractivity (Wildman–Crippen MR) is 124 cm³/mol. The minimum Gasteiger partial charge on any atom is -0.476 e. The van der Waals surface area contributed by atoms with Crippen molar-refractivity contribution in [3.63, 3.8) is 0 Å². The van der Waals surface area contributed by atoms with E-state index in [0.717, 1.165) is 17.0 Å². The van der Waals surface area contributed by atoms with E-state index in [1.807, 2.05) is 6.26 Å². The highest BCUT2D eigenvalue weighted by atomic mass is 32.2. The van der Waals surface area contributed by atoms with Crippen molar-refractivity contribution >= 4 is 29.6 Å². The van der Waals surface area contributed by atoms with E-state index in [9.17, 15) is 22.8 Å². The van der Waals surface area contributed by atoms with Crippen molar-refractivity contribution in [1.29, 1.82) is 0 Å². The number of carbonyl (C=O) groups is 2. The molecule has 0 N–H and O–H groups in total. The summed E-state index contributed by atoms with van der Waals surface area (Å²) in [7, 11) is 0. The second-order valence-electron chi connectivity index (χ2n) is 8.79. The number of halogens is 3. The minimum atomic E-state index is -4.74. The maximum atomic E-state index is 13.7. The molecule has 0 saturated heterocycles. The molecule has 0 unspecified atom stereocenters. The number of hydrogen-bond donors (Lipinski definition) is 0. The van der Waals surface area contributed by atoms with Crippen LogP contribution in [0.25, 0.3) is 6.08 Å². The van der Waals surface area contributed by atoms with Gasteiger partial charge in [-0.3, -0.25) is 4.79 Å². The Bertz CT molecular complexity index is 1030. The lowest BCUT2D eigenvalue weighted by Gasteiger charge is -2.30. The Morgan fingerprint density at radius 1 is 0.939 bits per heavy atom. The van der Waals surface area contributed by atoms with E-state index in [2.05, 4.69) is 0 Å². The Hall–Kier alpha value is -2.74. The van der Waals surface area contributed by atoms with Crippen molar-refractivity contribution in [1.82, 2.24) is 0 Å². The zero-order chi connectivity index (χ0) is 25.0. The summed E-state index contributed by atoms with van der Waals surface area (Å²) in [4.78, 5) is 25.7. The van der Waals surface area contributed by atoms with Gasteiger partial charge in [0.2, 0.25) is 0 Å². The summed E-state index contributed by atoms with van der Waals surface area (Å²) in [5.74, 6) is -1.62. The van der Waals surface area contributed by atoms with Crippen LogP contribution in [-0.2, 0) is 15.7 Å². The Morgan fingerprint density at radius 2 is 1.55 bits per heavy atom. The van der Waals surface area contributed by atoms with Crippen LogP contribution in [-0.4, -0.2) is 29.2 Å². The van der Waals surface area contributed by atoms with E-state index in [1.54, 1.807) is 45.0 Å². The molecule has 0 aromatic heterocycles. The molecule has 0 aliphatic carbocycles. The fourth-order valence-electron chi connectivity index (χ4n) is 2.70. The van der Waals surface area contributed by atoms with Crippen LogP contribution in [0.3, 0.4) is 0 Å². The van der Waals surface area contributed by atoms with Crippen LogP contribution in [0, 0.1) is 0 Å². The van der Waals surface area contributed by atoms with Gasteiger partial charge < -0.3 is 9.47 Å². The van der Waals surface area contributed by atoms with Gasteiger partial charge in [-0.1, -0.05) is 12.1 Å². The minimum absolute atomic E-state index is 0.166. The summed E-state index contributed by atoms with van der Waals surface area (Å²) in [6.45, 7) is 7.65. The van der Waals surface area contributed by atoms with E-state index in [-0.39, 0.29) is 11.3 Å². The van der Waals surface area contributed by atoms with Gasteiger partial charge in [0.05, 0.1) is 5.56 Å². The van der Waals surface area contributed by atoms with Crippen LogP contribution in [0.4, 0.5) is 13.2 Å². The highest BCUT2D eigenvalue weighted by molar-refractivity contribution is 7.98. The van der Waals surface area contributed by atoms with Gasteiger partial charge in [0, 0.05) is 10.5 Å². The van der Waals surface area contributed by atoms with Crippen molar-refractivity contribution in [2.24, 2.45) is 0 Å². The molecule has 0 spiro atoms. The van der Waals surface area contributed by atoms with E-state index in [4.69, 9.17) is 9.47 Å². The van der Waals surface area contributed by atoms with Gasteiger partial charge in [0.25, 0.3) is 0 Å². The molecule has 0 aliphatic rings. The molecule has 4 nitrogen and oxygen atoms in total. The first-order chi connectivity index (χ1) is 15.1. The number of allylic oxidation sites excluding steroid dienone is 1. The Labute approximate surface area is 196 Å². The molecule has 0 radical (unpaired) electrons. The quantitative estimate of drug-likeness (QED) is 0.188. The van der Waals surface area contributed by atoms with Gasteiger partial charge in [-0.05, 0) is 88.9 Å². The molecular weight excluding hydrogens is 453 g/mol. The highest BCUT2D eigenvalue weighted by Crippen LogP contribution is 2.38. The molecule has 0 aliphatic heterocycles. The van der Waals surface area contributed by atoms with Crippen molar-refractivity contribution in [3.05, 3.63) is 65.2 Å². The Morgan fingerprint density at radius 3 is 2.06 bits per heavy atom. The average molecular weight is 481 g/mol. The van der Waals surface area contributed by atoms with Gasteiger partial charge >= 0.3 is 12.1 Å². The first kappa shape index (κ1) is 26.5. The highest BCUT2D eigenvalue weighted by Gasteiger charge is 2.39. The van der Waals surface area contributed by atoms with Gasteiger partial charge in [-0.15, -0.1) is 11.8 Å². The smallest absolute Gasteiger partial charge is 0.419 e. The lowest BCUT2D eigenvalue weighted by Crippen LogP contribution is -2.43. The number of rotatable bonds is 7. The molecule has 0 saturated carbocycles. The second kappa shape index (κ2) is 10.0. The molecule has 0 amide bonds. The summed E-state index contributed by atoms with van der Waals surface area (Å²) >= 11 is 1.54. The van der Waals surface area contributed by atoms with E-state index >= 15 is 0 Å². The van der Waals surface area contributed by atoms with Crippen LogP contribution in [0.2, 0.25) is 0 Å². The van der Waals surface area contributed by atoms with Crippen LogP contribution in [0.1, 0.15) is 56.1 Å². The average Bonchev–Trinajstić information content (AvgIpc) is 2.70. The summed E-state index contributed by atoms with van der Waals surface area (Å²) in [6, 6.07) is 10.3. The third-order valence-corrected chi connectivity index (χ3v) is 5.11. The first-order valence-electron chi connectivity index (χ1n) is 10.1. The first-order valence-corrected chi connectivity index (χ1v) is 11.3. The molecule has 33 heavy (non-hydrogen) atoms. The number of carbonyl (C=O) groups excluding carboxylic acids is 2. The maximum Gasteiger partial charge on any atom is 0.419 e. The SMILES string of the molecule is CSc1ccc(C(=O)C=Cc2ccc(OC(C)(C)C(=O)OC(C)(C)C)c(C(F)(F)F)c2)cc1. The number of benzene rings is 2. The number of ether oxygens (including phenoxy) is 2. The molecule has 0 fully saturated rings. The van der Waals surface area contributed by atoms with Gasteiger partial charge in [0.15, 0.2) is 11.4 Å². The number of alkyl halides is 3.